The fourth-order valence-corrected chi connectivity index (χ4v) is 2.17. The minimum atomic E-state index is -0.728. The summed E-state index contributed by atoms with van der Waals surface area (Å²) in [6, 6.07) is 4.77. The molecule has 1 aromatic carbocycles. The predicted octanol–water partition coefficient (Wildman–Crippen LogP) is 0.416. The Labute approximate surface area is 117 Å². The maximum absolute atomic E-state index is 11.4. The number of aromatic nitrogens is 2. The van der Waals surface area contributed by atoms with Gasteiger partial charge in [0.05, 0.1) is 5.56 Å². The van der Waals surface area contributed by atoms with Gasteiger partial charge in [0.25, 0.3) is 5.05 Å². The normalized spacial score (nSPS) is 10.4. The number of aliphatic hydroxyl groups is 2. The lowest BCUT2D eigenvalue weighted by Gasteiger charge is -2.04. The summed E-state index contributed by atoms with van der Waals surface area (Å²) in [5.74, 6) is -0.0105. The summed E-state index contributed by atoms with van der Waals surface area (Å²) in [6.07, 6.45) is 0. The summed E-state index contributed by atoms with van der Waals surface area (Å²) in [5, 5.41) is 28.6. The molecule has 1 aromatic heterocycles. The molecule has 0 amide bonds. The highest BCUT2D eigenvalue weighted by molar-refractivity contribution is 7.80. The fraction of sp³-hybridized carbons (Fsp3) is 0. The van der Waals surface area contributed by atoms with Crippen molar-refractivity contribution in [3.8, 4) is 0 Å². The topological polar surface area (TPSA) is 83.2 Å². The van der Waals surface area contributed by atoms with Crippen molar-refractivity contribution in [2.24, 2.45) is 0 Å². The van der Waals surface area contributed by atoms with Gasteiger partial charge < -0.3 is 15.3 Å². The van der Waals surface area contributed by atoms with E-state index in [0.717, 1.165) is 4.57 Å². The lowest BCUT2D eigenvalue weighted by molar-refractivity contribution is -0.585. The average Bonchev–Trinajstić information content (AvgIpc) is 2.67. The van der Waals surface area contributed by atoms with E-state index in [1.54, 1.807) is 18.2 Å². The monoisotopic (exact) mass is 298 g/mol. The van der Waals surface area contributed by atoms with Gasteiger partial charge in [0, 0.05) is 0 Å². The molecule has 0 spiro atoms. The largest absolute Gasteiger partial charge is 0.833 e. The van der Waals surface area contributed by atoms with Crippen LogP contribution in [0.1, 0.15) is 11.4 Å². The van der Waals surface area contributed by atoms with Crippen molar-refractivity contribution in [1.29, 1.82) is 0 Å². The second-order valence-corrected chi connectivity index (χ2v) is 4.51. The Morgan fingerprint density at radius 2 is 1.83 bits per heavy atom. The molecule has 2 aromatic rings. The van der Waals surface area contributed by atoms with Crippen LogP contribution in [0.2, 0.25) is 0 Å². The second-order valence-electron chi connectivity index (χ2n) is 3.38. The molecule has 0 unspecified atom stereocenters. The molecule has 0 aliphatic heterocycles. The molecule has 0 bridgehead atoms. The van der Waals surface area contributed by atoms with E-state index in [-0.39, 0.29) is 10.9 Å². The Kier molecular flexibility index (Phi) is 3.24. The van der Waals surface area contributed by atoms with Crippen LogP contribution in [0.5, 0.6) is 0 Å². The summed E-state index contributed by atoms with van der Waals surface area (Å²) in [6.45, 7) is 0. The van der Waals surface area contributed by atoms with Gasteiger partial charge >= 0.3 is 5.82 Å². The number of hydrogen-bond acceptors (Lipinski definition) is 4. The van der Waals surface area contributed by atoms with Gasteiger partial charge in [0.15, 0.2) is 16.1 Å². The highest BCUT2D eigenvalue weighted by atomic mass is 32.1. The van der Waals surface area contributed by atoms with E-state index in [2.05, 4.69) is 29.4 Å². The van der Waals surface area contributed by atoms with Crippen molar-refractivity contribution in [2.45, 2.75) is 0 Å². The van der Waals surface area contributed by atoms with Crippen molar-refractivity contribution in [3.63, 3.8) is 0 Å². The summed E-state index contributed by atoms with van der Waals surface area (Å²) < 4.78 is 1.05. The van der Waals surface area contributed by atoms with E-state index < -0.39 is 10.2 Å². The minimum Gasteiger partial charge on any atom is -0.833 e. The van der Waals surface area contributed by atoms with Crippen LogP contribution in [0.4, 0.5) is 0 Å². The van der Waals surface area contributed by atoms with Crippen LogP contribution in [0.3, 0.4) is 0 Å². The lowest BCUT2D eigenvalue weighted by Crippen LogP contribution is -2.52. The molecule has 0 radical (unpaired) electrons. The molecule has 0 saturated carbocycles. The number of thiocarbonyl (C=S) groups is 3. The maximum atomic E-state index is 11.4. The molecule has 92 valence electrons. The van der Waals surface area contributed by atoms with Gasteiger partial charge in [-0.05, 0) is 48.8 Å². The standard InChI is InChI=1S/C10H6N2O3S3/c13-8(16)4-2-1-3-5-6(4)11-7(9(14)17)12(5)10(15)18/h1-3H,(H3,13,14,15,16,17,18). The minimum absolute atomic E-state index is 0.0105. The molecule has 0 atom stereocenters. The van der Waals surface area contributed by atoms with Gasteiger partial charge in [-0.15, -0.1) is 0 Å². The van der Waals surface area contributed by atoms with E-state index >= 15 is 0 Å². The SMILES string of the molecule is [O-]C(=S)[n+]1c(C(O)=S)[nH]c2c(C(O)=S)cccc21. The molecular weight excluding hydrogens is 292 g/mol. The number of imidazole rings is 1. The fourth-order valence-electron chi connectivity index (χ4n) is 1.67. The number of H-pyrrole nitrogens is 1. The zero-order chi connectivity index (χ0) is 13.4. The van der Waals surface area contributed by atoms with Gasteiger partial charge in [-0.25, -0.2) is 4.98 Å². The first kappa shape index (κ1) is 12.8. The number of para-hydroxylation sites is 1. The van der Waals surface area contributed by atoms with Gasteiger partial charge in [0.2, 0.25) is 0 Å². The number of nitrogens with one attached hydrogen (secondary N) is 1. The van der Waals surface area contributed by atoms with Crippen molar-refractivity contribution in [1.82, 2.24) is 4.98 Å². The summed E-state index contributed by atoms with van der Waals surface area (Å²) in [5.41, 5.74) is 1.10. The van der Waals surface area contributed by atoms with Crippen molar-refractivity contribution < 1.29 is 19.9 Å². The number of nitrogens with zero attached hydrogens (tertiary/aromatic N) is 1. The second kappa shape index (κ2) is 4.56. The van der Waals surface area contributed by atoms with Crippen molar-refractivity contribution in [2.75, 3.05) is 0 Å². The number of rotatable bonds is 2. The zero-order valence-electron chi connectivity index (χ0n) is 8.71. The maximum Gasteiger partial charge on any atom is 0.340 e. The highest BCUT2D eigenvalue weighted by Gasteiger charge is 2.24. The highest BCUT2D eigenvalue weighted by Crippen LogP contribution is 2.16. The first-order chi connectivity index (χ1) is 8.43. The Morgan fingerprint density at radius 3 is 2.33 bits per heavy atom. The molecule has 3 N–H and O–H groups in total. The molecule has 8 heteroatoms. The molecule has 2 rings (SSSR count). The van der Waals surface area contributed by atoms with Gasteiger partial charge in [0.1, 0.15) is 5.17 Å². The van der Waals surface area contributed by atoms with Crippen LogP contribution in [0, 0.1) is 0 Å². The lowest BCUT2D eigenvalue weighted by atomic mass is 10.2. The van der Waals surface area contributed by atoms with Crippen LogP contribution in [-0.2, 0) is 0 Å². The number of benzene rings is 1. The average molecular weight is 298 g/mol. The summed E-state index contributed by atoms with van der Waals surface area (Å²) in [7, 11) is 0. The Bertz CT molecular complexity index is 693. The van der Waals surface area contributed by atoms with E-state index in [9.17, 15) is 15.3 Å². The summed E-state index contributed by atoms with van der Waals surface area (Å²) >= 11 is 13.9. The smallest absolute Gasteiger partial charge is 0.340 e. The van der Waals surface area contributed by atoms with E-state index in [0.29, 0.717) is 16.6 Å². The Morgan fingerprint density at radius 1 is 1.17 bits per heavy atom. The molecule has 0 aliphatic rings. The third-order valence-corrected chi connectivity index (χ3v) is 2.96. The Balaban J connectivity index is 2.93. The van der Waals surface area contributed by atoms with Crippen molar-refractivity contribution >= 4 is 63.0 Å². The zero-order valence-corrected chi connectivity index (χ0v) is 11.2. The molecule has 0 fully saturated rings. The van der Waals surface area contributed by atoms with Crippen LogP contribution in [0.15, 0.2) is 18.2 Å². The third kappa shape index (κ3) is 1.94. The van der Waals surface area contributed by atoms with Gasteiger partial charge in [-0.3, -0.25) is 0 Å². The van der Waals surface area contributed by atoms with E-state index in [1.807, 2.05) is 0 Å². The molecule has 1 heterocycles. The summed E-state index contributed by atoms with van der Waals surface area (Å²) in [4.78, 5) is 2.73. The number of hydrogen-bond donors (Lipinski definition) is 3. The van der Waals surface area contributed by atoms with Crippen LogP contribution in [0.25, 0.3) is 11.0 Å². The van der Waals surface area contributed by atoms with Crippen molar-refractivity contribution in [3.05, 3.63) is 29.6 Å². The predicted molar refractivity (Wildman–Crippen MR) is 75.1 cm³/mol. The molecule has 0 saturated heterocycles. The van der Waals surface area contributed by atoms with Crippen LogP contribution in [-0.4, -0.2) is 30.5 Å². The molecule has 5 nitrogen and oxygen atoms in total. The molecule has 0 aliphatic carbocycles. The van der Waals surface area contributed by atoms with Gasteiger partial charge in [-0.1, -0.05) is 6.07 Å². The van der Waals surface area contributed by atoms with E-state index in [1.165, 1.54) is 0 Å². The molecule has 18 heavy (non-hydrogen) atoms. The number of aliphatic hydroxyl groups excluding tert-OH is 2. The first-order valence-corrected chi connectivity index (χ1v) is 5.90. The number of fused-ring (bicyclic) bond motifs is 1. The third-order valence-electron chi connectivity index (χ3n) is 2.37. The van der Waals surface area contributed by atoms with Crippen LogP contribution < -0.4 is 9.67 Å². The van der Waals surface area contributed by atoms with Gasteiger partial charge in [-0.2, -0.15) is 4.57 Å². The number of aromatic amines is 1. The first-order valence-electron chi connectivity index (χ1n) is 4.68. The quantitative estimate of drug-likeness (QED) is 0.550. The van der Waals surface area contributed by atoms with E-state index in [4.69, 9.17) is 12.2 Å². The molecular formula is C10H6N2O3S3. The van der Waals surface area contributed by atoms with Crippen LogP contribution >= 0.6 is 36.7 Å². The Hall–Kier alpha value is -1.64.